The molecular weight excluding hydrogens is 324 g/mol. The summed E-state index contributed by atoms with van der Waals surface area (Å²) in [4.78, 5) is 20.6. The molecule has 2 atom stereocenters. The molecule has 1 aliphatic rings. The molecule has 2 unspecified atom stereocenters. The van der Waals surface area contributed by atoms with Crippen LogP contribution in [0.4, 0.5) is 17.5 Å². The van der Waals surface area contributed by atoms with E-state index in [1.807, 2.05) is 12.1 Å². The summed E-state index contributed by atoms with van der Waals surface area (Å²) in [6, 6.07) is 8.24. The second-order valence-electron chi connectivity index (χ2n) is 7.44. The van der Waals surface area contributed by atoms with Gasteiger partial charge in [-0.3, -0.25) is 0 Å². The second-order valence-corrected chi connectivity index (χ2v) is 7.44. The molecule has 0 radical (unpaired) electrons. The van der Waals surface area contributed by atoms with E-state index in [2.05, 4.69) is 58.1 Å². The fourth-order valence-corrected chi connectivity index (χ4v) is 3.68. The number of rotatable bonds is 3. The summed E-state index contributed by atoms with van der Waals surface area (Å²) < 4.78 is 0. The number of hydrogen-bond acceptors (Lipinski definition) is 6. The van der Waals surface area contributed by atoms with Gasteiger partial charge in [-0.1, -0.05) is 31.5 Å². The molecule has 1 aliphatic heterocycles. The third-order valence-corrected chi connectivity index (χ3v) is 4.79. The van der Waals surface area contributed by atoms with Gasteiger partial charge in [-0.25, -0.2) is 9.97 Å². The fraction of sp³-hybridized carbons (Fsp3) is 0.400. The molecule has 0 spiro atoms. The molecule has 4 rings (SSSR count). The van der Waals surface area contributed by atoms with Crippen molar-refractivity contribution in [1.82, 2.24) is 19.9 Å². The van der Waals surface area contributed by atoms with Gasteiger partial charge in [0.05, 0.1) is 0 Å². The van der Waals surface area contributed by atoms with Gasteiger partial charge in [-0.2, -0.15) is 9.97 Å². The Kier molecular flexibility index (Phi) is 4.41. The molecular formula is C20H24N6. The number of fused-ring (bicyclic) bond motifs is 1. The number of anilines is 3. The highest BCUT2D eigenvalue weighted by Gasteiger charge is 2.25. The van der Waals surface area contributed by atoms with Crippen LogP contribution in [0.5, 0.6) is 0 Å². The Morgan fingerprint density at radius 3 is 2.38 bits per heavy atom. The zero-order valence-electron chi connectivity index (χ0n) is 15.5. The number of piperidine rings is 1. The minimum absolute atomic E-state index is 0.623. The monoisotopic (exact) mass is 348 g/mol. The Labute approximate surface area is 153 Å². The Hall–Kier alpha value is -2.76. The molecule has 0 bridgehead atoms. The summed E-state index contributed by atoms with van der Waals surface area (Å²) in [5, 5.41) is 3.40. The zero-order valence-corrected chi connectivity index (χ0v) is 15.5. The van der Waals surface area contributed by atoms with Crippen molar-refractivity contribution in [2.45, 2.75) is 27.2 Å². The topological polar surface area (TPSA) is 66.8 Å². The average molecular weight is 348 g/mol. The Morgan fingerprint density at radius 1 is 0.962 bits per heavy atom. The maximum atomic E-state index is 4.81. The molecule has 1 saturated heterocycles. The van der Waals surface area contributed by atoms with Gasteiger partial charge >= 0.3 is 0 Å². The van der Waals surface area contributed by atoms with E-state index in [-0.39, 0.29) is 0 Å². The first kappa shape index (κ1) is 16.7. The maximum absolute atomic E-state index is 4.81. The third kappa shape index (κ3) is 3.45. The number of hydrogen-bond donors (Lipinski definition) is 1. The number of nitrogens with zero attached hydrogens (tertiary/aromatic N) is 5. The minimum Gasteiger partial charge on any atom is -0.340 e. The van der Waals surface area contributed by atoms with Crippen LogP contribution in [0.1, 0.15) is 25.8 Å². The van der Waals surface area contributed by atoms with Gasteiger partial charge in [0, 0.05) is 31.2 Å². The molecule has 26 heavy (non-hydrogen) atoms. The van der Waals surface area contributed by atoms with Crippen LogP contribution in [-0.4, -0.2) is 33.0 Å². The Bertz CT molecular complexity index is 898. The molecule has 3 heterocycles. The summed E-state index contributed by atoms with van der Waals surface area (Å²) in [5.74, 6) is 2.70. The van der Waals surface area contributed by atoms with E-state index in [0.717, 1.165) is 24.7 Å². The van der Waals surface area contributed by atoms with Crippen molar-refractivity contribution < 1.29 is 0 Å². The van der Waals surface area contributed by atoms with E-state index in [9.17, 15) is 0 Å². The highest BCUT2D eigenvalue weighted by molar-refractivity contribution is 5.85. The largest absolute Gasteiger partial charge is 0.340 e. The van der Waals surface area contributed by atoms with Gasteiger partial charge in [0.2, 0.25) is 5.95 Å². The van der Waals surface area contributed by atoms with Crippen LogP contribution >= 0.6 is 0 Å². The van der Waals surface area contributed by atoms with E-state index in [1.165, 1.54) is 12.0 Å². The lowest BCUT2D eigenvalue weighted by molar-refractivity contribution is 0.354. The van der Waals surface area contributed by atoms with Gasteiger partial charge in [-0.05, 0) is 37.3 Å². The van der Waals surface area contributed by atoms with Crippen LogP contribution < -0.4 is 10.2 Å². The van der Waals surface area contributed by atoms with Crippen molar-refractivity contribution in [2.24, 2.45) is 11.8 Å². The van der Waals surface area contributed by atoms with E-state index in [4.69, 9.17) is 4.98 Å². The van der Waals surface area contributed by atoms with Gasteiger partial charge in [0.1, 0.15) is 0 Å². The molecule has 0 amide bonds. The fourth-order valence-electron chi connectivity index (χ4n) is 3.68. The number of aryl methyl sites for hydroxylation is 1. The molecule has 1 fully saturated rings. The molecule has 0 aliphatic carbocycles. The number of benzene rings is 1. The molecule has 6 heteroatoms. The molecule has 6 nitrogen and oxygen atoms in total. The standard InChI is InChI=1S/C20H24N6/c1-13-4-6-16(7-5-13)23-19-17-18(22-9-8-21-17)24-20(25-19)26-11-14(2)10-15(3)12-26/h4-9,14-15H,10-12H2,1-3H3,(H,22,23,24,25). The van der Waals surface area contributed by atoms with Crippen molar-refractivity contribution in [3.8, 4) is 0 Å². The second kappa shape index (κ2) is 6.86. The Morgan fingerprint density at radius 2 is 1.65 bits per heavy atom. The summed E-state index contributed by atoms with van der Waals surface area (Å²) in [5.41, 5.74) is 3.51. The van der Waals surface area contributed by atoms with Gasteiger partial charge in [-0.15, -0.1) is 0 Å². The van der Waals surface area contributed by atoms with E-state index >= 15 is 0 Å². The van der Waals surface area contributed by atoms with Gasteiger partial charge in [0.25, 0.3) is 0 Å². The van der Waals surface area contributed by atoms with Crippen LogP contribution in [-0.2, 0) is 0 Å². The molecule has 0 saturated carbocycles. The number of aromatic nitrogens is 4. The first-order valence-electron chi connectivity index (χ1n) is 9.16. The zero-order chi connectivity index (χ0) is 18.1. The SMILES string of the molecule is Cc1ccc(Nc2nc(N3CC(C)CC(C)C3)nc3nccnc23)cc1. The normalized spacial score (nSPS) is 20.3. The van der Waals surface area contributed by atoms with E-state index in [1.54, 1.807) is 12.4 Å². The summed E-state index contributed by atoms with van der Waals surface area (Å²) in [7, 11) is 0. The minimum atomic E-state index is 0.623. The predicted octanol–water partition coefficient (Wildman–Crippen LogP) is 3.95. The van der Waals surface area contributed by atoms with E-state index in [0.29, 0.717) is 28.8 Å². The molecule has 134 valence electrons. The molecule has 3 aromatic rings. The summed E-state index contributed by atoms with van der Waals surface area (Å²) >= 11 is 0. The molecule has 1 N–H and O–H groups in total. The number of nitrogens with one attached hydrogen (secondary N) is 1. The first-order chi connectivity index (χ1) is 12.6. The highest BCUT2D eigenvalue weighted by atomic mass is 15.3. The average Bonchev–Trinajstić information content (AvgIpc) is 2.63. The van der Waals surface area contributed by atoms with Crippen LogP contribution in [0.15, 0.2) is 36.7 Å². The van der Waals surface area contributed by atoms with Crippen LogP contribution in [0, 0.1) is 18.8 Å². The first-order valence-corrected chi connectivity index (χ1v) is 9.16. The summed E-state index contributed by atoms with van der Waals surface area (Å²) in [6.45, 7) is 8.59. The van der Waals surface area contributed by atoms with Gasteiger partial charge < -0.3 is 10.2 Å². The van der Waals surface area contributed by atoms with Gasteiger partial charge in [0.15, 0.2) is 17.0 Å². The highest BCUT2D eigenvalue weighted by Crippen LogP contribution is 2.28. The van der Waals surface area contributed by atoms with Crippen LogP contribution in [0.2, 0.25) is 0 Å². The maximum Gasteiger partial charge on any atom is 0.229 e. The lowest BCUT2D eigenvalue weighted by Gasteiger charge is -2.35. The molecule has 2 aromatic heterocycles. The lowest BCUT2D eigenvalue weighted by atomic mass is 9.92. The van der Waals surface area contributed by atoms with Crippen molar-refractivity contribution in [1.29, 1.82) is 0 Å². The Balaban J connectivity index is 1.74. The predicted molar refractivity (Wildman–Crippen MR) is 105 cm³/mol. The lowest BCUT2D eigenvalue weighted by Crippen LogP contribution is -2.39. The third-order valence-electron chi connectivity index (χ3n) is 4.79. The summed E-state index contributed by atoms with van der Waals surface area (Å²) in [6.07, 6.45) is 4.60. The van der Waals surface area contributed by atoms with Crippen molar-refractivity contribution in [2.75, 3.05) is 23.3 Å². The van der Waals surface area contributed by atoms with E-state index < -0.39 is 0 Å². The molecule has 1 aromatic carbocycles. The van der Waals surface area contributed by atoms with Crippen molar-refractivity contribution in [3.05, 3.63) is 42.2 Å². The van der Waals surface area contributed by atoms with Crippen molar-refractivity contribution in [3.63, 3.8) is 0 Å². The quantitative estimate of drug-likeness (QED) is 0.773. The van der Waals surface area contributed by atoms with Crippen LogP contribution in [0.25, 0.3) is 11.2 Å². The van der Waals surface area contributed by atoms with Crippen molar-refractivity contribution >= 4 is 28.6 Å². The smallest absolute Gasteiger partial charge is 0.229 e. The van der Waals surface area contributed by atoms with Crippen LogP contribution in [0.3, 0.4) is 0 Å².